The molecule has 0 aromatic heterocycles. The Morgan fingerprint density at radius 2 is 1.88 bits per heavy atom. The van der Waals surface area contributed by atoms with Gasteiger partial charge in [0.25, 0.3) is 10.1 Å². The summed E-state index contributed by atoms with van der Waals surface area (Å²) >= 11 is 6.25. The van der Waals surface area contributed by atoms with Crippen LogP contribution in [0.2, 0.25) is 5.02 Å². The van der Waals surface area contributed by atoms with Gasteiger partial charge in [0.05, 0.1) is 11.5 Å². The fourth-order valence-electron chi connectivity index (χ4n) is 2.89. The zero-order valence-corrected chi connectivity index (χ0v) is 15.0. The summed E-state index contributed by atoms with van der Waals surface area (Å²) in [7, 11) is -3.72. The molecule has 5 heteroatoms. The van der Waals surface area contributed by atoms with Crippen LogP contribution in [0.15, 0.2) is 53.4 Å². The Morgan fingerprint density at radius 3 is 2.62 bits per heavy atom. The molecule has 0 unspecified atom stereocenters. The minimum Gasteiger partial charge on any atom is -0.266 e. The van der Waals surface area contributed by atoms with Crippen LogP contribution in [0.3, 0.4) is 0 Å². The molecule has 0 amide bonds. The molecule has 0 saturated heterocycles. The summed E-state index contributed by atoms with van der Waals surface area (Å²) in [4.78, 5) is 0.189. The number of aryl methyl sites for hydroxylation is 1. The van der Waals surface area contributed by atoms with Crippen molar-refractivity contribution in [2.24, 2.45) is 0 Å². The normalized spacial score (nSPS) is 14.2. The van der Waals surface area contributed by atoms with Gasteiger partial charge in [0.15, 0.2) is 0 Å². The third kappa shape index (κ3) is 3.72. The molecule has 0 atom stereocenters. The molecule has 2 aromatic carbocycles. The fraction of sp³-hybridized carbons (Fsp3) is 0.263. The number of benzene rings is 2. The minimum absolute atomic E-state index is 0.119. The van der Waals surface area contributed by atoms with E-state index in [4.69, 9.17) is 15.8 Å². The Hall–Kier alpha value is -1.62. The number of rotatable bonds is 5. The van der Waals surface area contributed by atoms with Gasteiger partial charge in [-0.15, -0.1) is 0 Å². The third-order valence-electron chi connectivity index (χ3n) is 4.17. The summed E-state index contributed by atoms with van der Waals surface area (Å²) in [6.07, 6.45) is 4.51. The van der Waals surface area contributed by atoms with E-state index in [0.29, 0.717) is 6.42 Å². The van der Waals surface area contributed by atoms with E-state index < -0.39 is 10.1 Å². The molecule has 126 valence electrons. The Kier molecular flexibility index (Phi) is 5.09. The Morgan fingerprint density at radius 1 is 1.12 bits per heavy atom. The summed E-state index contributed by atoms with van der Waals surface area (Å²) < 4.78 is 29.6. The van der Waals surface area contributed by atoms with E-state index in [0.717, 1.165) is 40.1 Å². The average Bonchev–Trinajstić information content (AvgIpc) is 2.56. The van der Waals surface area contributed by atoms with Crippen LogP contribution in [0, 0.1) is 6.92 Å². The fourth-order valence-corrected chi connectivity index (χ4v) is 4.06. The highest BCUT2D eigenvalue weighted by molar-refractivity contribution is 7.86. The van der Waals surface area contributed by atoms with Gasteiger partial charge in [-0.1, -0.05) is 47.5 Å². The number of fused-ring (bicyclic) bond motifs is 1. The maximum atomic E-state index is 12.2. The molecule has 24 heavy (non-hydrogen) atoms. The van der Waals surface area contributed by atoms with Gasteiger partial charge in [-0.2, -0.15) is 8.42 Å². The highest BCUT2D eigenvalue weighted by Crippen LogP contribution is 2.33. The molecule has 0 spiro atoms. The smallest absolute Gasteiger partial charge is 0.266 e. The monoisotopic (exact) mass is 362 g/mol. The van der Waals surface area contributed by atoms with E-state index in [-0.39, 0.29) is 11.5 Å². The maximum absolute atomic E-state index is 12.2. The number of allylic oxidation sites excluding steroid dienone is 1. The molecule has 0 heterocycles. The lowest BCUT2D eigenvalue weighted by Crippen LogP contribution is -2.09. The maximum Gasteiger partial charge on any atom is 0.296 e. The van der Waals surface area contributed by atoms with Crippen molar-refractivity contribution >= 4 is 27.3 Å². The van der Waals surface area contributed by atoms with Gasteiger partial charge in [0.2, 0.25) is 0 Å². The first-order chi connectivity index (χ1) is 11.5. The quantitative estimate of drug-likeness (QED) is 0.719. The average molecular weight is 363 g/mol. The molecule has 1 aliphatic rings. The Bertz CT molecular complexity index is 868. The van der Waals surface area contributed by atoms with Crippen molar-refractivity contribution in [3.8, 4) is 0 Å². The van der Waals surface area contributed by atoms with E-state index in [1.165, 1.54) is 0 Å². The largest absolute Gasteiger partial charge is 0.296 e. The Balaban J connectivity index is 1.68. The van der Waals surface area contributed by atoms with E-state index in [2.05, 4.69) is 6.08 Å². The van der Waals surface area contributed by atoms with Crippen LogP contribution >= 0.6 is 11.6 Å². The van der Waals surface area contributed by atoms with Crippen molar-refractivity contribution in [1.82, 2.24) is 0 Å². The predicted molar refractivity (Wildman–Crippen MR) is 96.7 cm³/mol. The van der Waals surface area contributed by atoms with Crippen LogP contribution in [-0.2, 0) is 20.7 Å². The van der Waals surface area contributed by atoms with Gasteiger partial charge in [0, 0.05) is 5.02 Å². The summed E-state index contributed by atoms with van der Waals surface area (Å²) in [5.41, 5.74) is 4.34. The molecule has 3 rings (SSSR count). The molecule has 1 aliphatic carbocycles. The number of hydrogen-bond acceptors (Lipinski definition) is 3. The van der Waals surface area contributed by atoms with Crippen molar-refractivity contribution in [1.29, 1.82) is 0 Å². The second-order valence-corrected chi connectivity index (χ2v) is 7.90. The molecule has 0 fully saturated rings. The lowest BCUT2D eigenvalue weighted by molar-refractivity contribution is 0.326. The summed E-state index contributed by atoms with van der Waals surface area (Å²) in [5, 5.41) is 0.770. The minimum atomic E-state index is -3.72. The van der Waals surface area contributed by atoms with E-state index in [1.807, 2.05) is 25.1 Å². The van der Waals surface area contributed by atoms with Crippen molar-refractivity contribution in [2.45, 2.75) is 31.1 Å². The first kappa shape index (κ1) is 17.2. The number of hydrogen-bond donors (Lipinski definition) is 0. The SMILES string of the molecule is Cc1ccc(S(=O)(=O)OCCC2=CCCc3c(Cl)cccc32)cc1. The third-order valence-corrected chi connectivity index (χ3v) is 5.85. The molecule has 0 bridgehead atoms. The van der Waals surface area contributed by atoms with Crippen LogP contribution in [0.25, 0.3) is 5.57 Å². The van der Waals surface area contributed by atoms with Crippen LogP contribution < -0.4 is 0 Å². The van der Waals surface area contributed by atoms with Gasteiger partial charge in [-0.05, 0) is 61.1 Å². The lowest BCUT2D eigenvalue weighted by Gasteiger charge is -2.19. The van der Waals surface area contributed by atoms with Crippen LogP contribution in [0.1, 0.15) is 29.5 Å². The molecule has 0 saturated carbocycles. The molecule has 0 aliphatic heterocycles. The molecule has 3 nitrogen and oxygen atoms in total. The van der Waals surface area contributed by atoms with Gasteiger partial charge in [-0.25, -0.2) is 0 Å². The van der Waals surface area contributed by atoms with Gasteiger partial charge in [0.1, 0.15) is 0 Å². The van der Waals surface area contributed by atoms with Gasteiger partial charge < -0.3 is 0 Å². The first-order valence-electron chi connectivity index (χ1n) is 7.90. The Labute approximate surface area is 148 Å². The second kappa shape index (κ2) is 7.09. The highest BCUT2D eigenvalue weighted by atomic mass is 35.5. The van der Waals surface area contributed by atoms with Crippen molar-refractivity contribution in [3.63, 3.8) is 0 Å². The first-order valence-corrected chi connectivity index (χ1v) is 9.69. The van der Waals surface area contributed by atoms with Gasteiger partial charge in [-0.3, -0.25) is 4.18 Å². The summed E-state index contributed by atoms with van der Waals surface area (Å²) in [5.74, 6) is 0. The molecule has 0 N–H and O–H groups in total. The number of halogens is 1. The van der Waals surface area contributed by atoms with Crippen LogP contribution in [0.5, 0.6) is 0 Å². The van der Waals surface area contributed by atoms with Crippen molar-refractivity contribution in [3.05, 3.63) is 70.3 Å². The van der Waals surface area contributed by atoms with Crippen LogP contribution in [-0.4, -0.2) is 15.0 Å². The topological polar surface area (TPSA) is 43.4 Å². The zero-order valence-electron chi connectivity index (χ0n) is 13.5. The molecular weight excluding hydrogens is 344 g/mol. The zero-order chi connectivity index (χ0) is 17.2. The second-order valence-electron chi connectivity index (χ2n) is 5.87. The van der Waals surface area contributed by atoms with Crippen LogP contribution in [0.4, 0.5) is 0 Å². The van der Waals surface area contributed by atoms with Crippen molar-refractivity contribution < 1.29 is 12.6 Å². The van der Waals surface area contributed by atoms with E-state index >= 15 is 0 Å². The van der Waals surface area contributed by atoms with E-state index in [1.54, 1.807) is 24.3 Å². The predicted octanol–water partition coefficient (Wildman–Crippen LogP) is 4.77. The summed E-state index contributed by atoms with van der Waals surface area (Å²) in [6, 6.07) is 12.5. The highest BCUT2D eigenvalue weighted by Gasteiger charge is 2.18. The standard InChI is InChI=1S/C19H19ClO3S/c1-14-8-10-16(11-9-14)24(21,22)23-13-12-15-4-2-6-18-17(15)5-3-7-19(18)20/h3-5,7-11H,2,6,12-13H2,1H3. The van der Waals surface area contributed by atoms with Crippen molar-refractivity contribution in [2.75, 3.05) is 6.61 Å². The lowest BCUT2D eigenvalue weighted by atomic mass is 9.89. The van der Waals surface area contributed by atoms with Gasteiger partial charge >= 0.3 is 0 Å². The molecule has 0 radical (unpaired) electrons. The summed E-state index contributed by atoms with van der Waals surface area (Å²) in [6.45, 7) is 2.03. The van der Waals surface area contributed by atoms with E-state index in [9.17, 15) is 8.42 Å². The molecular formula is C19H19ClO3S. The molecule has 2 aromatic rings.